The van der Waals surface area contributed by atoms with Gasteiger partial charge in [-0.15, -0.1) is 17.8 Å². The van der Waals surface area contributed by atoms with Crippen LogP contribution in [0.4, 0.5) is 11.4 Å². The van der Waals surface area contributed by atoms with Crippen LogP contribution in [0, 0.1) is 12.3 Å². The highest BCUT2D eigenvalue weighted by Crippen LogP contribution is 2.33. The Labute approximate surface area is 192 Å². The third-order valence-corrected chi connectivity index (χ3v) is 6.34. The molecule has 7 heteroatoms. The number of carbonyl (C=O) groups is 1. The van der Waals surface area contributed by atoms with Crippen LogP contribution in [-0.2, 0) is 0 Å². The lowest BCUT2D eigenvalue weighted by molar-refractivity contribution is 0.0969. The first kappa shape index (κ1) is 21.7. The summed E-state index contributed by atoms with van der Waals surface area (Å²) < 4.78 is 10.9. The van der Waals surface area contributed by atoms with E-state index in [1.165, 1.54) is 11.3 Å². The van der Waals surface area contributed by atoms with Gasteiger partial charge < -0.3 is 19.3 Å². The zero-order valence-corrected chi connectivity index (χ0v) is 19.0. The van der Waals surface area contributed by atoms with E-state index >= 15 is 0 Å². The lowest BCUT2D eigenvalue weighted by Crippen LogP contribution is -2.50. The first-order valence-corrected chi connectivity index (χ1v) is 11.3. The van der Waals surface area contributed by atoms with Gasteiger partial charge in [0.2, 0.25) is 0 Å². The average Bonchev–Trinajstić information content (AvgIpc) is 3.34. The maximum Gasteiger partial charge on any atom is 0.278 e. The van der Waals surface area contributed by atoms with E-state index in [9.17, 15) is 4.79 Å². The molecule has 2 aromatic carbocycles. The fourth-order valence-electron chi connectivity index (χ4n) is 4.03. The molecule has 1 atom stereocenters. The van der Waals surface area contributed by atoms with Gasteiger partial charge in [-0.2, -0.15) is 0 Å². The Morgan fingerprint density at radius 1 is 1.19 bits per heavy atom. The van der Waals surface area contributed by atoms with Crippen molar-refractivity contribution in [3.05, 3.63) is 64.6 Å². The summed E-state index contributed by atoms with van der Waals surface area (Å²) in [6, 6.07) is 15.7. The molecule has 1 aliphatic heterocycles. The molecule has 2 heterocycles. The quantitative estimate of drug-likeness (QED) is 0.523. The number of rotatable bonds is 6. The number of hydrogen-bond acceptors (Lipinski definition) is 6. The number of para-hydroxylation sites is 1. The first-order valence-electron chi connectivity index (χ1n) is 10.4. The van der Waals surface area contributed by atoms with Crippen LogP contribution in [0.1, 0.15) is 28.3 Å². The van der Waals surface area contributed by atoms with E-state index in [2.05, 4.69) is 27.9 Å². The Hall–Kier alpha value is -3.50. The Morgan fingerprint density at radius 2 is 1.91 bits per heavy atom. The normalized spacial score (nSPS) is 15.7. The van der Waals surface area contributed by atoms with Gasteiger partial charge in [0, 0.05) is 42.4 Å². The van der Waals surface area contributed by atoms with E-state index in [1.807, 2.05) is 35.2 Å². The topological polar surface area (TPSA) is 54.9 Å². The molecule has 0 unspecified atom stereocenters. The van der Waals surface area contributed by atoms with Crippen molar-refractivity contribution >= 4 is 28.6 Å². The minimum Gasteiger partial charge on any atom is -0.497 e. The van der Waals surface area contributed by atoms with Crippen molar-refractivity contribution in [3.8, 4) is 23.8 Å². The van der Waals surface area contributed by atoms with Gasteiger partial charge in [-0.1, -0.05) is 18.2 Å². The molecule has 0 saturated carbocycles. The van der Waals surface area contributed by atoms with Crippen LogP contribution in [-0.4, -0.2) is 44.2 Å². The minimum atomic E-state index is -0.182. The van der Waals surface area contributed by atoms with Gasteiger partial charge >= 0.3 is 0 Å². The lowest BCUT2D eigenvalue weighted by atomic mass is 10.0. The minimum absolute atomic E-state index is 0.0516. The number of carbonyl (C=O) groups excluding carboxylic acids is 1. The second-order valence-corrected chi connectivity index (χ2v) is 8.36. The fraction of sp³-hybridized carbons (Fsp3) is 0.280. The van der Waals surface area contributed by atoms with Crippen LogP contribution in [0.15, 0.2) is 53.9 Å². The van der Waals surface area contributed by atoms with Crippen molar-refractivity contribution in [2.24, 2.45) is 0 Å². The molecule has 1 saturated heterocycles. The second kappa shape index (κ2) is 9.75. The fourth-order valence-corrected chi connectivity index (χ4v) is 4.62. The van der Waals surface area contributed by atoms with Crippen LogP contribution >= 0.6 is 11.3 Å². The summed E-state index contributed by atoms with van der Waals surface area (Å²) >= 11 is 1.30. The Bertz CT molecular complexity index is 1100. The Balaban J connectivity index is 1.73. The smallest absolute Gasteiger partial charge is 0.278 e. The predicted octanol–water partition coefficient (Wildman–Crippen LogP) is 4.46. The second-order valence-electron chi connectivity index (χ2n) is 7.51. The summed E-state index contributed by atoms with van der Waals surface area (Å²) in [5, 5.41) is 2.21. The van der Waals surface area contributed by atoms with Crippen molar-refractivity contribution in [1.82, 2.24) is 4.98 Å². The van der Waals surface area contributed by atoms with Gasteiger partial charge in [0.25, 0.3) is 5.91 Å². The maximum absolute atomic E-state index is 13.7. The molecule has 1 amide bonds. The number of methoxy groups -OCH3 is 2. The first-order chi connectivity index (χ1) is 15.6. The number of piperidine rings is 1. The molecule has 0 bridgehead atoms. The number of anilines is 2. The van der Waals surface area contributed by atoms with Crippen LogP contribution in [0.25, 0.3) is 0 Å². The molecule has 0 spiro atoms. The summed E-state index contributed by atoms with van der Waals surface area (Å²) in [4.78, 5) is 22.2. The van der Waals surface area contributed by atoms with Crippen LogP contribution < -0.4 is 19.3 Å². The molecule has 32 heavy (non-hydrogen) atoms. The molecule has 4 rings (SSSR count). The number of hydrogen-bond donors (Lipinski definition) is 0. The van der Waals surface area contributed by atoms with Crippen molar-refractivity contribution in [2.75, 3.05) is 37.1 Å². The summed E-state index contributed by atoms with van der Waals surface area (Å²) in [5.74, 6) is 3.57. The summed E-state index contributed by atoms with van der Waals surface area (Å²) in [5.41, 5.74) is 2.21. The van der Waals surface area contributed by atoms with E-state index in [1.54, 1.807) is 25.7 Å². The summed E-state index contributed by atoms with van der Waals surface area (Å²) in [6.07, 6.45) is 7.33. The molecule has 6 nitrogen and oxygen atoms in total. The standard InChI is InChI=1S/C25H25N3O3S/c1-4-24-26-23(17-32-24)25(29)28(20-13-21(30-2)15-22(14-20)31-3)19-11-8-12-27(16-19)18-9-6-5-7-10-18/h1,5-7,9-10,13-15,17,19H,8,11-12,16H2,2-3H3/t19-/m1/s1. The number of amides is 1. The molecule has 164 valence electrons. The maximum atomic E-state index is 13.7. The van der Waals surface area contributed by atoms with Gasteiger partial charge in [-0.05, 0) is 30.9 Å². The molecule has 0 radical (unpaired) electrons. The Kier molecular flexibility index (Phi) is 6.62. The van der Waals surface area contributed by atoms with Gasteiger partial charge in [-0.25, -0.2) is 4.98 Å². The van der Waals surface area contributed by atoms with Gasteiger partial charge in [0.15, 0.2) is 5.01 Å². The number of ether oxygens (including phenoxy) is 2. The average molecular weight is 448 g/mol. The largest absolute Gasteiger partial charge is 0.497 e. The highest BCUT2D eigenvalue weighted by Gasteiger charge is 2.32. The molecule has 0 N–H and O–H groups in total. The predicted molar refractivity (Wildman–Crippen MR) is 128 cm³/mol. The number of thiazole rings is 1. The number of aromatic nitrogens is 1. The van der Waals surface area contributed by atoms with Crippen molar-refractivity contribution in [2.45, 2.75) is 18.9 Å². The highest BCUT2D eigenvalue weighted by molar-refractivity contribution is 7.10. The van der Waals surface area contributed by atoms with Crippen LogP contribution in [0.5, 0.6) is 11.5 Å². The number of benzene rings is 2. The van der Waals surface area contributed by atoms with E-state index in [0.29, 0.717) is 34.4 Å². The highest BCUT2D eigenvalue weighted by atomic mass is 32.1. The molecule has 1 aliphatic rings. The molecule has 1 aromatic heterocycles. The number of nitrogens with zero attached hydrogens (tertiary/aromatic N) is 3. The SMILES string of the molecule is C#Cc1nc(C(=O)N(c2cc(OC)cc(OC)c2)[C@@H]2CCCN(c3ccccc3)C2)cs1. The van der Waals surface area contributed by atoms with Crippen LogP contribution in [0.2, 0.25) is 0 Å². The molecular formula is C25H25N3O3S. The van der Waals surface area contributed by atoms with E-state index in [0.717, 1.165) is 25.1 Å². The van der Waals surface area contributed by atoms with Crippen molar-refractivity contribution < 1.29 is 14.3 Å². The molecule has 1 fully saturated rings. The zero-order chi connectivity index (χ0) is 22.5. The van der Waals surface area contributed by atoms with Crippen LogP contribution in [0.3, 0.4) is 0 Å². The number of terminal acetylenes is 1. The third kappa shape index (κ3) is 4.56. The zero-order valence-electron chi connectivity index (χ0n) is 18.2. The van der Waals surface area contributed by atoms with Crippen molar-refractivity contribution in [1.29, 1.82) is 0 Å². The third-order valence-electron chi connectivity index (χ3n) is 5.56. The summed E-state index contributed by atoms with van der Waals surface area (Å²) in [7, 11) is 3.20. The monoisotopic (exact) mass is 447 g/mol. The molecular weight excluding hydrogens is 422 g/mol. The van der Waals surface area contributed by atoms with Gasteiger partial charge in [0.1, 0.15) is 17.2 Å². The van der Waals surface area contributed by atoms with E-state index < -0.39 is 0 Å². The Morgan fingerprint density at radius 3 is 2.53 bits per heavy atom. The van der Waals surface area contributed by atoms with Gasteiger partial charge in [-0.3, -0.25) is 4.79 Å². The summed E-state index contributed by atoms with van der Waals surface area (Å²) in [6.45, 7) is 1.66. The van der Waals surface area contributed by atoms with E-state index in [-0.39, 0.29) is 11.9 Å². The molecule has 0 aliphatic carbocycles. The van der Waals surface area contributed by atoms with Gasteiger partial charge in [0.05, 0.1) is 25.9 Å². The molecule has 3 aromatic rings. The van der Waals surface area contributed by atoms with Crippen molar-refractivity contribution in [3.63, 3.8) is 0 Å². The lowest BCUT2D eigenvalue weighted by Gasteiger charge is -2.40. The van der Waals surface area contributed by atoms with E-state index in [4.69, 9.17) is 15.9 Å².